The monoisotopic (exact) mass is 282 g/mol. The van der Waals surface area contributed by atoms with Crippen LogP contribution in [0.15, 0.2) is 30.3 Å². The van der Waals surface area contributed by atoms with E-state index in [2.05, 4.69) is 10.6 Å². The Bertz CT molecular complexity index is 723. The van der Waals surface area contributed by atoms with Crippen LogP contribution < -0.4 is 10.6 Å². The third kappa shape index (κ3) is 2.62. The number of amides is 1. The lowest BCUT2D eigenvalue weighted by atomic mass is 10.1. The van der Waals surface area contributed by atoms with Crippen molar-refractivity contribution in [2.24, 2.45) is 0 Å². The summed E-state index contributed by atoms with van der Waals surface area (Å²) in [4.78, 5) is 12.4. The number of aromatic hydroxyl groups is 1. The molecule has 108 valence electrons. The Labute approximate surface area is 123 Å². The van der Waals surface area contributed by atoms with Gasteiger partial charge in [-0.2, -0.15) is 0 Å². The van der Waals surface area contributed by atoms with Crippen LogP contribution in [0, 0.1) is 13.8 Å². The molecule has 1 heterocycles. The predicted octanol–water partition coefficient (Wildman–Crippen LogP) is 2.86. The number of carbonyl (C=O) groups excluding carboxylic acids is 1. The molecule has 4 heteroatoms. The zero-order chi connectivity index (χ0) is 15.0. The van der Waals surface area contributed by atoms with E-state index in [9.17, 15) is 9.90 Å². The number of rotatable bonds is 2. The zero-order valence-electron chi connectivity index (χ0n) is 12.2. The second-order valence-electron chi connectivity index (χ2n) is 5.49. The Balaban J connectivity index is 1.85. The summed E-state index contributed by atoms with van der Waals surface area (Å²) in [7, 11) is 0. The molecule has 0 aromatic heterocycles. The van der Waals surface area contributed by atoms with Gasteiger partial charge >= 0.3 is 0 Å². The van der Waals surface area contributed by atoms with Gasteiger partial charge in [-0.15, -0.1) is 0 Å². The van der Waals surface area contributed by atoms with Gasteiger partial charge in [-0.05, 0) is 60.4 Å². The highest BCUT2D eigenvalue weighted by Gasteiger charge is 2.14. The summed E-state index contributed by atoms with van der Waals surface area (Å²) in [5, 5.41) is 15.8. The average molecular weight is 282 g/mol. The maximum Gasteiger partial charge on any atom is 0.255 e. The molecule has 2 aromatic carbocycles. The lowest BCUT2D eigenvalue weighted by Gasteiger charge is -2.11. The average Bonchev–Trinajstić information content (AvgIpc) is 2.92. The molecule has 0 saturated carbocycles. The van der Waals surface area contributed by atoms with E-state index in [4.69, 9.17) is 0 Å². The van der Waals surface area contributed by atoms with E-state index in [1.54, 1.807) is 12.1 Å². The van der Waals surface area contributed by atoms with Gasteiger partial charge in [0.25, 0.3) is 5.91 Å². The fraction of sp³-hybridized carbons (Fsp3) is 0.235. The van der Waals surface area contributed by atoms with E-state index in [-0.39, 0.29) is 11.7 Å². The van der Waals surface area contributed by atoms with E-state index in [0.29, 0.717) is 5.56 Å². The number of aryl methyl sites for hydroxylation is 2. The Morgan fingerprint density at radius 3 is 2.67 bits per heavy atom. The normalized spacial score (nSPS) is 13.0. The smallest absolute Gasteiger partial charge is 0.255 e. The Morgan fingerprint density at radius 2 is 1.86 bits per heavy atom. The van der Waals surface area contributed by atoms with Crippen molar-refractivity contribution < 1.29 is 9.90 Å². The Hall–Kier alpha value is -2.33. The van der Waals surface area contributed by atoms with Crippen LogP contribution in [0.3, 0.4) is 0 Å². The lowest BCUT2D eigenvalue weighted by Crippen LogP contribution is -2.13. The molecular formula is C17H18N2O2. The Kier molecular flexibility index (Phi) is 3.39. The van der Waals surface area contributed by atoms with Crippen molar-refractivity contribution in [3.05, 3.63) is 58.1 Å². The number of phenolic OH excluding ortho intramolecular Hbond substituents is 1. The van der Waals surface area contributed by atoms with E-state index in [0.717, 1.165) is 29.9 Å². The molecule has 0 aliphatic carbocycles. The molecule has 0 spiro atoms. The van der Waals surface area contributed by atoms with Gasteiger partial charge in [-0.3, -0.25) is 4.79 Å². The molecule has 3 N–H and O–H groups in total. The van der Waals surface area contributed by atoms with Crippen molar-refractivity contribution >= 4 is 11.6 Å². The van der Waals surface area contributed by atoms with Gasteiger partial charge in [0, 0.05) is 24.3 Å². The van der Waals surface area contributed by atoms with E-state index >= 15 is 0 Å². The van der Waals surface area contributed by atoms with Crippen molar-refractivity contribution in [1.82, 2.24) is 5.32 Å². The molecular weight excluding hydrogens is 264 g/mol. The largest absolute Gasteiger partial charge is 0.508 e. The fourth-order valence-electron chi connectivity index (χ4n) is 2.57. The van der Waals surface area contributed by atoms with Gasteiger partial charge in [0.05, 0.1) is 0 Å². The molecule has 0 saturated heterocycles. The standard InChI is InChI=1S/C17H18N2O2/c1-10-6-16(20)11(2)5-15(10)19-17(21)12-3-4-13-8-18-9-14(13)7-12/h3-7,18,20H,8-9H2,1-2H3,(H,19,21). The minimum absolute atomic E-state index is 0.127. The van der Waals surface area contributed by atoms with Crippen molar-refractivity contribution in [1.29, 1.82) is 0 Å². The van der Waals surface area contributed by atoms with Crippen LogP contribution in [0.4, 0.5) is 5.69 Å². The van der Waals surface area contributed by atoms with Crippen LogP contribution >= 0.6 is 0 Å². The molecule has 0 unspecified atom stereocenters. The third-order valence-corrected chi connectivity index (χ3v) is 3.89. The topological polar surface area (TPSA) is 61.4 Å². The maximum absolute atomic E-state index is 12.4. The van der Waals surface area contributed by atoms with Crippen molar-refractivity contribution in [2.75, 3.05) is 5.32 Å². The molecule has 0 radical (unpaired) electrons. The first kappa shape index (κ1) is 13.6. The first-order chi connectivity index (χ1) is 10.0. The maximum atomic E-state index is 12.4. The minimum atomic E-state index is -0.127. The molecule has 21 heavy (non-hydrogen) atoms. The summed E-state index contributed by atoms with van der Waals surface area (Å²) in [5.74, 6) is 0.118. The highest BCUT2D eigenvalue weighted by molar-refractivity contribution is 6.05. The SMILES string of the molecule is Cc1cc(NC(=O)c2ccc3c(c2)CNC3)c(C)cc1O. The fourth-order valence-corrected chi connectivity index (χ4v) is 2.57. The molecule has 0 bridgehead atoms. The van der Waals surface area contributed by atoms with Gasteiger partial charge in [0.1, 0.15) is 5.75 Å². The summed E-state index contributed by atoms with van der Waals surface area (Å²) in [5.41, 5.74) is 5.41. The molecule has 1 amide bonds. The van der Waals surface area contributed by atoms with Crippen LogP contribution in [-0.4, -0.2) is 11.0 Å². The highest BCUT2D eigenvalue weighted by Crippen LogP contribution is 2.25. The number of nitrogens with one attached hydrogen (secondary N) is 2. The van der Waals surface area contributed by atoms with E-state index < -0.39 is 0 Å². The van der Waals surface area contributed by atoms with Crippen LogP contribution in [-0.2, 0) is 13.1 Å². The molecule has 3 rings (SSSR count). The highest BCUT2D eigenvalue weighted by atomic mass is 16.3. The number of hydrogen-bond acceptors (Lipinski definition) is 3. The van der Waals surface area contributed by atoms with Crippen molar-refractivity contribution in [2.45, 2.75) is 26.9 Å². The number of anilines is 1. The zero-order valence-corrected chi connectivity index (χ0v) is 12.2. The van der Waals surface area contributed by atoms with Gasteiger partial charge in [-0.1, -0.05) is 6.07 Å². The Morgan fingerprint density at radius 1 is 1.10 bits per heavy atom. The summed E-state index contributed by atoms with van der Waals surface area (Å²) < 4.78 is 0. The summed E-state index contributed by atoms with van der Waals surface area (Å²) in [6.07, 6.45) is 0. The summed E-state index contributed by atoms with van der Waals surface area (Å²) >= 11 is 0. The molecule has 1 aliphatic rings. The summed E-state index contributed by atoms with van der Waals surface area (Å²) in [6.45, 7) is 5.36. The first-order valence-electron chi connectivity index (χ1n) is 6.98. The van der Waals surface area contributed by atoms with Crippen LogP contribution in [0.2, 0.25) is 0 Å². The van der Waals surface area contributed by atoms with Crippen LogP contribution in [0.1, 0.15) is 32.6 Å². The number of benzene rings is 2. The first-order valence-corrected chi connectivity index (χ1v) is 6.98. The lowest BCUT2D eigenvalue weighted by molar-refractivity contribution is 0.102. The predicted molar refractivity (Wildman–Crippen MR) is 82.5 cm³/mol. The quantitative estimate of drug-likeness (QED) is 0.742. The van der Waals surface area contributed by atoms with Crippen LogP contribution in [0.5, 0.6) is 5.75 Å². The molecule has 2 aromatic rings. The second kappa shape index (κ2) is 5.22. The number of fused-ring (bicyclic) bond motifs is 1. The summed E-state index contributed by atoms with van der Waals surface area (Å²) in [6, 6.07) is 9.24. The van der Waals surface area contributed by atoms with Crippen molar-refractivity contribution in [3.63, 3.8) is 0 Å². The second-order valence-corrected chi connectivity index (χ2v) is 5.49. The van der Waals surface area contributed by atoms with Crippen LogP contribution in [0.25, 0.3) is 0 Å². The van der Waals surface area contributed by atoms with Gasteiger partial charge in [0.2, 0.25) is 0 Å². The van der Waals surface area contributed by atoms with Gasteiger partial charge in [0.15, 0.2) is 0 Å². The van der Waals surface area contributed by atoms with E-state index in [1.807, 2.05) is 32.0 Å². The number of phenols is 1. The minimum Gasteiger partial charge on any atom is -0.508 e. The number of carbonyl (C=O) groups is 1. The molecule has 0 fully saturated rings. The molecule has 4 nitrogen and oxygen atoms in total. The van der Waals surface area contributed by atoms with Gasteiger partial charge in [-0.25, -0.2) is 0 Å². The molecule has 0 atom stereocenters. The van der Waals surface area contributed by atoms with Crippen molar-refractivity contribution in [3.8, 4) is 5.75 Å². The third-order valence-electron chi connectivity index (χ3n) is 3.89. The molecule has 1 aliphatic heterocycles. The van der Waals surface area contributed by atoms with Gasteiger partial charge < -0.3 is 15.7 Å². The van der Waals surface area contributed by atoms with E-state index in [1.165, 1.54) is 11.1 Å². The number of hydrogen-bond donors (Lipinski definition) is 3.